The molecule has 0 bridgehead atoms. The summed E-state index contributed by atoms with van der Waals surface area (Å²) in [5, 5.41) is 11.8. The van der Waals surface area contributed by atoms with E-state index in [1.807, 2.05) is 56.9 Å². The highest BCUT2D eigenvalue weighted by Gasteiger charge is 2.23. The molecule has 2 aromatic heterocycles. The summed E-state index contributed by atoms with van der Waals surface area (Å²) in [6, 6.07) is 9.46. The molecular weight excluding hydrogens is 460 g/mol. The fraction of sp³-hybridized carbons (Fsp3) is 0.462. The zero-order chi connectivity index (χ0) is 25.7. The van der Waals surface area contributed by atoms with E-state index in [2.05, 4.69) is 15.5 Å². The van der Waals surface area contributed by atoms with Gasteiger partial charge in [0.1, 0.15) is 23.7 Å². The molecule has 1 aromatic carbocycles. The largest absolute Gasteiger partial charge is 0.491 e. The van der Waals surface area contributed by atoms with Crippen LogP contribution in [0, 0.1) is 20.8 Å². The summed E-state index contributed by atoms with van der Waals surface area (Å²) in [5.41, 5.74) is 4.72. The Morgan fingerprint density at radius 3 is 2.44 bits per heavy atom. The number of hydrogen-bond donors (Lipinski definition) is 1. The minimum Gasteiger partial charge on any atom is -0.491 e. The van der Waals surface area contributed by atoms with Gasteiger partial charge in [-0.2, -0.15) is 10.2 Å². The van der Waals surface area contributed by atoms with E-state index in [1.54, 1.807) is 15.4 Å². The van der Waals surface area contributed by atoms with Gasteiger partial charge in [0.05, 0.1) is 37.7 Å². The summed E-state index contributed by atoms with van der Waals surface area (Å²) < 4.78 is 14.8. The molecule has 3 heterocycles. The molecule has 10 nitrogen and oxygen atoms in total. The number of carbonyl (C=O) groups is 2. The Bertz CT molecular complexity index is 1230. The fourth-order valence-corrected chi connectivity index (χ4v) is 4.30. The molecule has 1 N–H and O–H groups in total. The Balaban J connectivity index is 1.38. The van der Waals surface area contributed by atoms with Crippen molar-refractivity contribution in [3.63, 3.8) is 0 Å². The second-order valence-electron chi connectivity index (χ2n) is 8.86. The predicted octanol–water partition coefficient (Wildman–Crippen LogP) is 2.35. The van der Waals surface area contributed by atoms with Gasteiger partial charge in [0.25, 0.3) is 11.8 Å². The Morgan fingerprint density at radius 1 is 1.03 bits per heavy atom. The Morgan fingerprint density at radius 2 is 1.72 bits per heavy atom. The van der Waals surface area contributed by atoms with Crippen molar-refractivity contribution >= 4 is 11.8 Å². The van der Waals surface area contributed by atoms with Crippen molar-refractivity contribution in [3.05, 3.63) is 64.2 Å². The van der Waals surface area contributed by atoms with E-state index in [0.717, 1.165) is 28.3 Å². The first-order valence-corrected chi connectivity index (χ1v) is 12.3. The SMILES string of the molecule is CCn1nc(C)cc1C(=O)NCCOc1cccc(Cn2nc(C)cc2C(=O)N2CCOCC2)c1C. The van der Waals surface area contributed by atoms with E-state index >= 15 is 0 Å². The minimum absolute atomic E-state index is 0.0284. The average molecular weight is 495 g/mol. The van der Waals surface area contributed by atoms with Crippen LogP contribution < -0.4 is 10.1 Å². The highest BCUT2D eigenvalue weighted by Crippen LogP contribution is 2.23. The molecule has 0 atom stereocenters. The van der Waals surface area contributed by atoms with Gasteiger partial charge in [0.2, 0.25) is 0 Å². The number of rotatable bonds is 9. The summed E-state index contributed by atoms with van der Waals surface area (Å²) >= 11 is 0. The predicted molar refractivity (Wildman–Crippen MR) is 134 cm³/mol. The molecule has 4 rings (SSSR count). The van der Waals surface area contributed by atoms with Crippen molar-refractivity contribution in [2.45, 2.75) is 40.8 Å². The fourth-order valence-electron chi connectivity index (χ4n) is 4.30. The van der Waals surface area contributed by atoms with Crippen LogP contribution in [-0.2, 0) is 17.8 Å². The summed E-state index contributed by atoms with van der Waals surface area (Å²) in [7, 11) is 0. The summed E-state index contributed by atoms with van der Waals surface area (Å²) in [6.45, 7) is 11.8. The Kier molecular flexibility index (Phi) is 8.04. The number of morpholine rings is 1. The standard InChI is InChI=1S/C26H34N6O4/c1-5-31-22(15-18(2)28-31)25(33)27-9-12-36-24-8-6-7-21(20(24)4)17-32-23(16-19(3)29-32)26(34)30-10-13-35-14-11-30/h6-8,15-16H,5,9-14,17H2,1-4H3,(H,27,33). The van der Waals surface area contributed by atoms with E-state index in [1.165, 1.54) is 0 Å². The van der Waals surface area contributed by atoms with Crippen LogP contribution in [0.4, 0.5) is 0 Å². The third-order valence-electron chi connectivity index (χ3n) is 6.22. The highest BCUT2D eigenvalue weighted by atomic mass is 16.5. The van der Waals surface area contributed by atoms with Gasteiger partial charge in [-0.3, -0.25) is 19.0 Å². The number of aromatic nitrogens is 4. The van der Waals surface area contributed by atoms with E-state index in [0.29, 0.717) is 63.9 Å². The summed E-state index contributed by atoms with van der Waals surface area (Å²) in [5.74, 6) is 0.540. The lowest BCUT2D eigenvalue weighted by molar-refractivity contribution is 0.0295. The smallest absolute Gasteiger partial charge is 0.272 e. The molecule has 1 saturated heterocycles. The van der Waals surface area contributed by atoms with E-state index in [4.69, 9.17) is 9.47 Å². The van der Waals surface area contributed by atoms with Gasteiger partial charge in [0.15, 0.2) is 0 Å². The van der Waals surface area contributed by atoms with Crippen molar-refractivity contribution in [1.29, 1.82) is 0 Å². The third-order valence-corrected chi connectivity index (χ3v) is 6.22. The lowest BCUT2D eigenvalue weighted by Crippen LogP contribution is -2.41. The second kappa shape index (κ2) is 11.4. The van der Waals surface area contributed by atoms with Crippen LogP contribution in [0.2, 0.25) is 0 Å². The molecule has 36 heavy (non-hydrogen) atoms. The molecule has 10 heteroatoms. The maximum atomic E-state index is 13.1. The first-order valence-electron chi connectivity index (χ1n) is 12.3. The quantitative estimate of drug-likeness (QED) is 0.458. The van der Waals surface area contributed by atoms with Crippen LogP contribution in [0.1, 0.15) is 50.4 Å². The van der Waals surface area contributed by atoms with Gasteiger partial charge in [-0.15, -0.1) is 0 Å². The molecule has 192 valence electrons. The molecular formula is C26H34N6O4. The summed E-state index contributed by atoms with van der Waals surface area (Å²) in [4.78, 5) is 27.4. The molecule has 3 aromatic rings. The first-order chi connectivity index (χ1) is 17.4. The van der Waals surface area contributed by atoms with Crippen LogP contribution in [0.15, 0.2) is 30.3 Å². The van der Waals surface area contributed by atoms with Crippen molar-refractivity contribution in [2.75, 3.05) is 39.5 Å². The molecule has 2 amide bonds. The number of amides is 2. The van der Waals surface area contributed by atoms with Gasteiger partial charge in [-0.05, 0) is 57.0 Å². The van der Waals surface area contributed by atoms with Crippen LogP contribution in [0.3, 0.4) is 0 Å². The lowest BCUT2D eigenvalue weighted by atomic mass is 10.1. The Labute approximate surface area is 211 Å². The summed E-state index contributed by atoms with van der Waals surface area (Å²) in [6.07, 6.45) is 0. The third kappa shape index (κ3) is 5.76. The molecule has 1 aliphatic heterocycles. The first kappa shape index (κ1) is 25.4. The van der Waals surface area contributed by atoms with Gasteiger partial charge >= 0.3 is 0 Å². The molecule has 0 radical (unpaired) electrons. The molecule has 0 aliphatic carbocycles. The maximum Gasteiger partial charge on any atom is 0.272 e. The molecule has 1 aliphatic rings. The number of nitrogens with one attached hydrogen (secondary N) is 1. The van der Waals surface area contributed by atoms with Gasteiger partial charge < -0.3 is 19.7 Å². The number of nitrogens with zero attached hydrogens (tertiary/aromatic N) is 5. The second-order valence-corrected chi connectivity index (χ2v) is 8.86. The molecule has 0 saturated carbocycles. The Hall–Kier alpha value is -3.66. The van der Waals surface area contributed by atoms with Gasteiger partial charge in [-0.1, -0.05) is 12.1 Å². The molecule has 1 fully saturated rings. The normalized spacial score (nSPS) is 13.6. The van der Waals surface area contributed by atoms with Crippen LogP contribution in [0.25, 0.3) is 0 Å². The van der Waals surface area contributed by atoms with Gasteiger partial charge in [0, 0.05) is 19.6 Å². The van der Waals surface area contributed by atoms with Crippen molar-refractivity contribution in [1.82, 2.24) is 29.8 Å². The lowest BCUT2D eigenvalue weighted by Gasteiger charge is -2.27. The maximum absolute atomic E-state index is 13.1. The number of hydrogen-bond acceptors (Lipinski definition) is 6. The number of aryl methyl sites for hydroxylation is 3. The molecule has 0 spiro atoms. The highest BCUT2D eigenvalue weighted by molar-refractivity contribution is 5.93. The van der Waals surface area contributed by atoms with E-state index < -0.39 is 0 Å². The topological polar surface area (TPSA) is 104 Å². The van der Waals surface area contributed by atoms with Crippen molar-refractivity contribution in [2.24, 2.45) is 0 Å². The van der Waals surface area contributed by atoms with Crippen molar-refractivity contribution < 1.29 is 19.1 Å². The minimum atomic E-state index is -0.168. The van der Waals surface area contributed by atoms with Crippen LogP contribution in [-0.4, -0.2) is 75.7 Å². The van der Waals surface area contributed by atoms with Gasteiger partial charge in [-0.25, -0.2) is 0 Å². The number of carbonyl (C=O) groups excluding carboxylic acids is 2. The van der Waals surface area contributed by atoms with E-state index in [-0.39, 0.29) is 11.8 Å². The van der Waals surface area contributed by atoms with Crippen LogP contribution >= 0.6 is 0 Å². The monoisotopic (exact) mass is 494 g/mol. The number of benzene rings is 1. The zero-order valence-corrected chi connectivity index (χ0v) is 21.4. The zero-order valence-electron chi connectivity index (χ0n) is 21.4. The molecule has 0 unspecified atom stereocenters. The number of ether oxygens (including phenoxy) is 2. The van der Waals surface area contributed by atoms with Crippen molar-refractivity contribution in [3.8, 4) is 5.75 Å². The average Bonchev–Trinajstić information content (AvgIpc) is 3.45. The van der Waals surface area contributed by atoms with Crippen LogP contribution in [0.5, 0.6) is 5.75 Å². The van der Waals surface area contributed by atoms with E-state index in [9.17, 15) is 9.59 Å².